The standard InChI is InChI=1S/C14H18BrNO2/c1-3-14(7-6-13(17)16-14)9-10-8-11(15)4-5-12(10)18-2/h4-5,8H,3,6-7,9H2,1-2H3,(H,16,17). The fourth-order valence-corrected chi connectivity index (χ4v) is 2.95. The van der Waals surface area contributed by atoms with Gasteiger partial charge in [-0.05, 0) is 43.0 Å². The summed E-state index contributed by atoms with van der Waals surface area (Å²) in [5, 5.41) is 3.13. The maximum Gasteiger partial charge on any atom is 0.220 e. The summed E-state index contributed by atoms with van der Waals surface area (Å²) in [6.07, 6.45) is 3.29. The van der Waals surface area contributed by atoms with E-state index >= 15 is 0 Å². The minimum absolute atomic E-state index is 0.106. The van der Waals surface area contributed by atoms with Gasteiger partial charge in [-0.15, -0.1) is 0 Å². The largest absolute Gasteiger partial charge is 0.496 e. The van der Waals surface area contributed by atoms with Gasteiger partial charge in [-0.25, -0.2) is 0 Å². The second-order valence-electron chi connectivity index (χ2n) is 4.82. The molecule has 1 saturated heterocycles. The summed E-state index contributed by atoms with van der Waals surface area (Å²) in [4.78, 5) is 11.5. The van der Waals surface area contributed by atoms with Crippen molar-refractivity contribution in [3.63, 3.8) is 0 Å². The molecule has 1 N–H and O–H groups in total. The van der Waals surface area contributed by atoms with E-state index in [1.54, 1.807) is 7.11 Å². The topological polar surface area (TPSA) is 38.3 Å². The quantitative estimate of drug-likeness (QED) is 0.928. The number of ether oxygens (including phenoxy) is 1. The molecule has 1 aromatic carbocycles. The van der Waals surface area contributed by atoms with E-state index in [9.17, 15) is 4.79 Å². The lowest BCUT2D eigenvalue weighted by atomic mass is 9.86. The third-order valence-corrected chi connectivity index (χ3v) is 4.18. The number of carbonyl (C=O) groups excluding carboxylic acids is 1. The highest BCUT2D eigenvalue weighted by Crippen LogP contribution is 2.32. The van der Waals surface area contributed by atoms with Crippen LogP contribution < -0.4 is 10.1 Å². The van der Waals surface area contributed by atoms with Crippen molar-refractivity contribution in [2.24, 2.45) is 0 Å². The van der Waals surface area contributed by atoms with Gasteiger partial charge in [0.15, 0.2) is 0 Å². The Hall–Kier alpha value is -1.03. The van der Waals surface area contributed by atoms with Crippen LogP contribution in [0.15, 0.2) is 22.7 Å². The molecule has 2 rings (SSSR count). The van der Waals surface area contributed by atoms with Crippen LogP contribution >= 0.6 is 15.9 Å². The fourth-order valence-electron chi connectivity index (χ4n) is 2.55. The summed E-state index contributed by atoms with van der Waals surface area (Å²) >= 11 is 3.48. The van der Waals surface area contributed by atoms with Gasteiger partial charge in [0, 0.05) is 16.4 Å². The molecule has 1 fully saturated rings. The Kier molecular flexibility index (Phi) is 3.95. The maximum absolute atomic E-state index is 11.5. The molecule has 0 radical (unpaired) electrons. The van der Waals surface area contributed by atoms with Crippen LogP contribution in [0.25, 0.3) is 0 Å². The molecule has 18 heavy (non-hydrogen) atoms. The number of amides is 1. The zero-order valence-electron chi connectivity index (χ0n) is 10.8. The van der Waals surface area contributed by atoms with Gasteiger partial charge in [-0.1, -0.05) is 22.9 Å². The first kappa shape index (κ1) is 13.4. The molecule has 0 aliphatic carbocycles. The molecule has 1 aromatic rings. The van der Waals surface area contributed by atoms with Crippen LogP contribution in [0.2, 0.25) is 0 Å². The lowest BCUT2D eigenvalue weighted by molar-refractivity contribution is -0.119. The molecule has 0 saturated carbocycles. The molecule has 1 atom stereocenters. The lowest BCUT2D eigenvalue weighted by Gasteiger charge is -2.28. The summed E-state index contributed by atoms with van der Waals surface area (Å²) in [7, 11) is 1.68. The average Bonchev–Trinajstić information content (AvgIpc) is 2.72. The molecule has 3 nitrogen and oxygen atoms in total. The van der Waals surface area contributed by atoms with Crippen molar-refractivity contribution in [3.05, 3.63) is 28.2 Å². The molecule has 98 valence electrons. The van der Waals surface area contributed by atoms with E-state index in [-0.39, 0.29) is 11.4 Å². The highest BCUT2D eigenvalue weighted by atomic mass is 79.9. The third kappa shape index (κ3) is 2.69. The van der Waals surface area contributed by atoms with Gasteiger partial charge in [-0.2, -0.15) is 0 Å². The van der Waals surface area contributed by atoms with Crippen LogP contribution in [-0.2, 0) is 11.2 Å². The van der Waals surface area contributed by atoms with Gasteiger partial charge in [-0.3, -0.25) is 4.79 Å². The van der Waals surface area contributed by atoms with Gasteiger partial charge < -0.3 is 10.1 Å². The highest BCUT2D eigenvalue weighted by Gasteiger charge is 2.36. The van der Waals surface area contributed by atoms with Crippen molar-refractivity contribution >= 4 is 21.8 Å². The summed E-state index contributed by atoms with van der Waals surface area (Å²) in [5.41, 5.74) is 1.03. The lowest BCUT2D eigenvalue weighted by Crippen LogP contribution is -2.43. The van der Waals surface area contributed by atoms with Crippen LogP contribution in [0.1, 0.15) is 31.7 Å². The molecule has 0 spiro atoms. The van der Waals surface area contributed by atoms with E-state index in [0.717, 1.165) is 35.0 Å². The molecule has 4 heteroatoms. The zero-order chi connectivity index (χ0) is 13.2. The number of methoxy groups -OCH3 is 1. The van der Waals surface area contributed by atoms with Crippen molar-refractivity contribution < 1.29 is 9.53 Å². The second-order valence-corrected chi connectivity index (χ2v) is 5.73. The molecular formula is C14H18BrNO2. The molecule has 1 unspecified atom stereocenters. The first-order valence-corrected chi connectivity index (χ1v) is 7.01. The van der Waals surface area contributed by atoms with Crippen molar-refractivity contribution in [1.82, 2.24) is 5.32 Å². The number of nitrogens with one attached hydrogen (secondary N) is 1. The molecule has 1 heterocycles. The molecule has 1 amide bonds. The summed E-state index contributed by atoms with van der Waals surface area (Å²) in [6.45, 7) is 2.12. The van der Waals surface area contributed by atoms with E-state index in [1.807, 2.05) is 12.1 Å². The van der Waals surface area contributed by atoms with Crippen molar-refractivity contribution in [2.75, 3.05) is 7.11 Å². The predicted octanol–water partition coefficient (Wildman–Crippen LogP) is 3.06. The SMILES string of the molecule is CCC1(Cc2cc(Br)ccc2OC)CCC(=O)N1. The Bertz CT molecular complexity index is 461. The molecule has 1 aliphatic rings. The number of rotatable bonds is 4. The molecule has 0 bridgehead atoms. The Labute approximate surface area is 116 Å². The van der Waals surface area contributed by atoms with Gasteiger partial charge in [0.05, 0.1) is 7.11 Å². The Morgan fingerprint density at radius 1 is 1.50 bits per heavy atom. The van der Waals surface area contributed by atoms with Gasteiger partial charge in [0.2, 0.25) is 5.91 Å². The van der Waals surface area contributed by atoms with Gasteiger partial charge in [0.25, 0.3) is 0 Å². The van der Waals surface area contributed by atoms with Gasteiger partial charge >= 0.3 is 0 Å². The van der Waals surface area contributed by atoms with E-state index in [2.05, 4.69) is 34.2 Å². The molecule has 1 aliphatic heterocycles. The monoisotopic (exact) mass is 311 g/mol. The van der Waals surface area contributed by atoms with E-state index in [0.29, 0.717) is 6.42 Å². The Morgan fingerprint density at radius 2 is 2.28 bits per heavy atom. The first-order chi connectivity index (χ1) is 8.58. The minimum atomic E-state index is -0.106. The first-order valence-electron chi connectivity index (χ1n) is 6.22. The molecular weight excluding hydrogens is 294 g/mol. The maximum atomic E-state index is 11.5. The second kappa shape index (κ2) is 5.31. The minimum Gasteiger partial charge on any atom is -0.496 e. The predicted molar refractivity (Wildman–Crippen MR) is 74.8 cm³/mol. The van der Waals surface area contributed by atoms with Crippen molar-refractivity contribution in [2.45, 2.75) is 38.1 Å². The van der Waals surface area contributed by atoms with Crippen LogP contribution in [0.5, 0.6) is 5.75 Å². The Balaban J connectivity index is 2.27. The van der Waals surface area contributed by atoms with Crippen LogP contribution in [0.3, 0.4) is 0 Å². The van der Waals surface area contributed by atoms with E-state index < -0.39 is 0 Å². The summed E-state index contributed by atoms with van der Waals surface area (Å²) < 4.78 is 6.43. The summed E-state index contributed by atoms with van der Waals surface area (Å²) in [6, 6.07) is 5.99. The number of carbonyl (C=O) groups is 1. The van der Waals surface area contributed by atoms with Gasteiger partial charge in [0.1, 0.15) is 5.75 Å². The van der Waals surface area contributed by atoms with Crippen LogP contribution in [-0.4, -0.2) is 18.6 Å². The average molecular weight is 312 g/mol. The Morgan fingerprint density at radius 3 is 2.83 bits per heavy atom. The number of halogens is 1. The van der Waals surface area contributed by atoms with E-state index in [1.165, 1.54) is 0 Å². The normalized spacial score (nSPS) is 22.9. The third-order valence-electron chi connectivity index (χ3n) is 3.68. The fraction of sp³-hybridized carbons (Fsp3) is 0.500. The smallest absolute Gasteiger partial charge is 0.220 e. The highest BCUT2D eigenvalue weighted by molar-refractivity contribution is 9.10. The summed E-state index contributed by atoms with van der Waals surface area (Å²) in [5.74, 6) is 1.04. The van der Waals surface area contributed by atoms with E-state index in [4.69, 9.17) is 4.74 Å². The number of hydrogen-bond acceptors (Lipinski definition) is 2. The number of hydrogen-bond donors (Lipinski definition) is 1. The van der Waals surface area contributed by atoms with Crippen molar-refractivity contribution in [1.29, 1.82) is 0 Å². The van der Waals surface area contributed by atoms with Crippen LogP contribution in [0, 0.1) is 0 Å². The van der Waals surface area contributed by atoms with Crippen LogP contribution in [0.4, 0.5) is 0 Å². The molecule has 0 aromatic heterocycles. The van der Waals surface area contributed by atoms with Crippen molar-refractivity contribution in [3.8, 4) is 5.75 Å². The zero-order valence-corrected chi connectivity index (χ0v) is 12.3. The number of benzene rings is 1.